The minimum absolute atomic E-state index is 0.0461. The van der Waals surface area contributed by atoms with Crippen LogP contribution in [0.25, 0.3) is 6.08 Å². The van der Waals surface area contributed by atoms with E-state index < -0.39 is 6.10 Å². The van der Waals surface area contributed by atoms with E-state index in [1.165, 1.54) is 12.5 Å². The quantitative estimate of drug-likeness (QED) is 0.785. The summed E-state index contributed by atoms with van der Waals surface area (Å²) in [5.41, 5.74) is 1.92. The van der Waals surface area contributed by atoms with Gasteiger partial charge in [0.2, 0.25) is 5.91 Å². The smallest absolute Gasteiger partial charge is 0.265 e. The molecule has 2 aromatic carbocycles. The van der Waals surface area contributed by atoms with Gasteiger partial charge in [-0.05, 0) is 17.7 Å². The van der Waals surface area contributed by atoms with Crippen molar-refractivity contribution in [3.8, 4) is 5.75 Å². The van der Waals surface area contributed by atoms with Gasteiger partial charge in [-0.2, -0.15) is 0 Å². The molecule has 0 aromatic heterocycles. The number of fused-ring (bicyclic) bond motifs is 1. The summed E-state index contributed by atoms with van der Waals surface area (Å²) < 4.78 is 5.96. The van der Waals surface area contributed by atoms with Crippen LogP contribution in [0.4, 0.5) is 5.69 Å². The summed E-state index contributed by atoms with van der Waals surface area (Å²) in [5.74, 6) is 0.454. The van der Waals surface area contributed by atoms with E-state index in [2.05, 4.69) is 29.2 Å². The van der Waals surface area contributed by atoms with Gasteiger partial charge in [0.25, 0.3) is 5.91 Å². The van der Waals surface area contributed by atoms with E-state index in [0.717, 1.165) is 25.3 Å². The number of rotatable bonds is 4. The summed E-state index contributed by atoms with van der Waals surface area (Å²) in [6.07, 6.45) is 3.63. The average molecular weight is 405 g/mol. The molecule has 1 fully saturated rings. The maximum Gasteiger partial charge on any atom is 0.265 e. The highest BCUT2D eigenvalue weighted by Crippen LogP contribution is 2.33. The molecule has 6 heteroatoms. The number of carbonyl (C=O) groups excluding carboxylic acids is 2. The van der Waals surface area contributed by atoms with Crippen LogP contribution in [0.3, 0.4) is 0 Å². The molecular formula is C24H27N3O3. The Morgan fingerprint density at radius 1 is 1.00 bits per heavy atom. The fourth-order valence-electron chi connectivity index (χ4n) is 3.92. The van der Waals surface area contributed by atoms with E-state index in [-0.39, 0.29) is 18.4 Å². The topological polar surface area (TPSA) is 53.1 Å². The van der Waals surface area contributed by atoms with E-state index in [4.69, 9.17) is 4.74 Å². The molecule has 0 bridgehead atoms. The van der Waals surface area contributed by atoms with Crippen LogP contribution in [0.15, 0.2) is 60.7 Å². The van der Waals surface area contributed by atoms with E-state index in [1.807, 2.05) is 47.4 Å². The predicted molar refractivity (Wildman–Crippen MR) is 117 cm³/mol. The third-order valence-corrected chi connectivity index (χ3v) is 5.59. The monoisotopic (exact) mass is 405 g/mol. The lowest BCUT2D eigenvalue weighted by Gasteiger charge is -2.39. The lowest BCUT2D eigenvalue weighted by atomic mass is 10.1. The van der Waals surface area contributed by atoms with Crippen molar-refractivity contribution in [1.82, 2.24) is 9.80 Å². The van der Waals surface area contributed by atoms with Crippen molar-refractivity contribution in [3.05, 3.63) is 66.2 Å². The van der Waals surface area contributed by atoms with Crippen molar-refractivity contribution in [1.29, 1.82) is 0 Å². The number of carbonyl (C=O) groups is 2. The maximum atomic E-state index is 13.1. The van der Waals surface area contributed by atoms with Crippen molar-refractivity contribution >= 4 is 23.6 Å². The summed E-state index contributed by atoms with van der Waals surface area (Å²) in [6, 6.07) is 17.6. The zero-order valence-corrected chi connectivity index (χ0v) is 17.2. The molecular weight excluding hydrogens is 378 g/mol. The lowest BCUT2D eigenvalue weighted by Crippen LogP contribution is -2.56. The first-order valence-electron chi connectivity index (χ1n) is 10.4. The molecule has 0 aliphatic carbocycles. The summed E-state index contributed by atoms with van der Waals surface area (Å²) in [4.78, 5) is 31.0. The van der Waals surface area contributed by atoms with Crippen LogP contribution >= 0.6 is 0 Å². The van der Waals surface area contributed by atoms with Gasteiger partial charge in [0.1, 0.15) is 5.75 Å². The first-order valence-corrected chi connectivity index (χ1v) is 10.4. The SMILES string of the molecule is CC(=O)N1CC(C(=O)N2CCN(CC=Cc3ccccc3)CC2)Oc2ccccc21. The van der Waals surface area contributed by atoms with Crippen molar-refractivity contribution in [2.24, 2.45) is 0 Å². The normalized spacial score (nSPS) is 19.4. The molecule has 156 valence electrons. The van der Waals surface area contributed by atoms with Gasteiger partial charge in [0.05, 0.1) is 12.2 Å². The van der Waals surface area contributed by atoms with Crippen LogP contribution in [-0.4, -0.2) is 67.0 Å². The van der Waals surface area contributed by atoms with Crippen molar-refractivity contribution in [3.63, 3.8) is 0 Å². The molecule has 0 saturated carbocycles. The zero-order chi connectivity index (χ0) is 20.9. The molecule has 2 heterocycles. The van der Waals surface area contributed by atoms with Crippen molar-refractivity contribution in [2.45, 2.75) is 13.0 Å². The number of anilines is 1. The Balaban J connectivity index is 1.32. The summed E-state index contributed by atoms with van der Waals surface area (Å²) >= 11 is 0. The van der Waals surface area contributed by atoms with E-state index in [1.54, 1.807) is 4.90 Å². The Hall–Kier alpha value is -3.12. The second-order valence-electron chi connectivity index (χ2n) is 7.64. The number of piperazine rings is 1. The molecule has 2 aliphatic heterocycles. The summed E-state index contributed by atoms with van der Waals surface area (Å²) in [6.45, 7) is 5.62. The molecule has 2 amide bonds. The van der Waals surface area contributed by atoms with E-state index in [0.29, 0.717) is 18.8 Å². The highest BCUT2D eigenvalue weighted by molar-refractivity contribution is 5.95. The number of amides is 2. The van der Waals surface area contributed by atoms with Crippen molar-refractivity contribution in [2.75, 3.05) is 44.2 Å². The third kappa shape index (κ3) is 4.54. The average Bonchev–Trinajstić information content (AvgIpc) is 2.79. The number of hydrogen-bond donors (Lipinski definition) is 0. The molecule has 1 atom stereocenters. The van der Waals surface area contributed by atoms with Crippen LogP contribution in [-0.2, 0) is 9.59 Å². The molecule has 30 heavy (non-hydrogen) atoms. The van der Waals surface area contributed by atoms with Gasteiger partial charge in [0, 0.05) is 39.6 Å². The standard InChI is InChI=1S/C24H27N3O3/c1-19(28)27-18-23(30-22-12-6-5-11-21(22)27)24(29)26-16-14-25(15-17-26)13-7-10-20-8-3-2-4-9-20/h2-12,23H,13-18H2,1H3. The van der Waals surface area contributed by atoms with Gasteiger partial charge < -0.3 is 14.5 Å². The molecule has 2 aromatic rings. The zero-order valence-electron chi connectivity index (χ0n) is 17.2. The van der Waals surface area contributed by atoms with Crippen molar-refractivity contribution < 1.29 is 14.3 Å². The molecule has 1 unspecified atom stereocenters. The molecule has 4 rings (SSSR count). The predicted octanol–water partition coefficient (Wildman–Crippen LogP) is 2.66. The largest absolute Gasteiger partial charge is 0.476 e. The fourth-order valence-corrected chi connectivity index (χ4v) is 3.92. The molecule has 0 radical (unpaired) electrons. The Labute approximate surface area is 177 Å². The number of para-hydroxylation sites is 2. The molecule has 0 N–H and O–H groups in total. The highest BCUT2D eigenvalue weighted by atomic mass is 16.5. The van der Waals surface area contributed by atoms with E-state index in [9.17, 15) is 9.59 Å². The number of nitrogens with zero attached hydrogens (tertiary/aromatic N) is 3. The fraction of sp³-hybridized carbons (Fsp3) is 0.333. The summed E-state index contributed by atoms with van der Waals surface area (Å²) in [7, 11) is 0. The van der Waals surface area contributed by atoms with Crippen LogP contribution < -0.4 is 9.64 Å². The van der Waals surface area contributed by atoms with Gasteiger partial charge in [0.15, 0.2) is 6.10 Å². The minimum Gasteiger partial charge on any atom is -0.476 e. The van der Waals surface area contributed by atoms with Gasteiger partial charge in [-0.1, -0.05) is 54.6 Å². The second-order valence-corrected chi connectivity index (χ2v) is 7.64. The Morgan fingerprint density at radius 2 is 1.70 bits per heavy atom. The second kappa shape index (κ2) is 9.13. The maximum absolute atomic E-state index is 13.1. The Bertz CT molecular complexity index is 920. The van der Waals surface area contributed by atoms with Gasteiger partial charge in [-0.15, -0.1) is 0 Å². The van der Waals surface area contributed by atoms with Crippen LogP contribution in [0.5, 0.6) is 5.75 Å². The van der Waals surface area contributed by atoms with Gasteiger partial charge in [-0.3, -0.25) is 14.5 Å². The summed E-state index contributed by atoms with van der Waals surface area (Å²) in [5, 5.41) is 0. The molecule has 1 saturated heterocycles. The minimum atomic E-state index is -0.659. The van der Waals surface area contributed by atoms with Crippen LogP contribution in [0.2, 0.25) is 0 Å². The first-order chi connectivity index (χ1) is 14.6. The van der Waals surface area contributed by atoms with Crippen LogP contribution in [0.1, 0.15) is 12.5 Å². The number of hydrogen-bond acceptors (Lipinski definition) is 4. The number of benzene rings is 2. The molecule has 0 spiro atoms. The lowest BCUT2D eigenvalue weighted by molar-refractivity contribution is -0.140. The van der Waals surface area contributed by atoms with Crippen LogP contribution in [0, 0.1) is 0 Å². The van der Waals surface area contributed by atoms with E-state index >= 15 is 0 Å². The van der Waals surface area contributed by atoms with Gasteiger partial charge in [-0.25, -0.2) is 0 Å². The Kier molecular flexibility index (Phi) is 6.14. The molecule has 6 nitrogen and oxygen atoms in total. The van der Waals surface area contributed by atoms with Gasteiger partial charge >= 0.3 is 0 Å². The number of ether oxygens (including phenoxy) is 1. The Morgan fingerprint density at radius 3 is 2.43 bits per heavy atom. The third-order valence-electron chi connectivity index (χ3n) is 5.59. The molecule has 2 aliphatic rings. The first kappa shape index (κ1) is 20.2. The highest BCUT2D eigenvalue weighted by Gasteiger charge is 2.35.